The maximum Gasteiger partial charge on any atom is 0.246 e. The highest BCUT2D eigenvalue weighted by atomic mass is 32.1. The predicted octanol–water partition coefficient (Wildman–Crippen LogP) is 6.35. The number of pyridine rings is 1. The Morgan fingerprint density at radius 2 is 1.97 bits per heavy atom. The van der Waals surface area contributed by atoms with Gasteiger partial charge in [-0.2, -0.15) is 0 Å². The standard InChI is InChI=1S/C30H29N3O4S/c1-19-25(24-10-6-11-26(29(24)38-19)37-23-9-5-8-22(16-23)36-3)18-33(2)28(35)14-13-20-15-21-7-4-12-27(34)32-30(21)31-17-20/h5-6,8-11,13-17H,4,7,12,18H2,1-3H3,(H,31,32,34)/b14-13+. The molecule has 0 atom stereocenters. The molecule has 1 aliphatic heterocycles. The average Bonchev–Trinajstić information content (AvgIpc) is 3.11. The minimum Gasteiger partial charge on any atom is -0.497 e. The molecule has 0 saturated carbocycles. The van der Waals surface area contributed by atoms with E-state index in [1.165, 1.54) is 0 Å². The summed E-state index contributed by atoms with van der Waals surface area (Å²) in [6.07, 6.45) is 7.09. The van der Waals surface area contributed by atoms with Gasteiger partial charge in [0, 0.05) is 48.6 Å². The Labute approximate surface area is 225 Å². The highest BCUT2D eigenvalue weighted by molar-refractivity contribution is 7.19. The van der Waals surface area contributed by atoms with E-state index in [1.54, 1.807) is 48.7 Å². The largest absolute Gasteiger partial charge is 0.497 e. The summed E-state index contributed by atoms with van der Waals surface area (Å²) in [5, 5.41) is 3.91. The Balaban J connectivity index is 1.31. The monoisotopic (exact) mass is 527 g/mol. The fourth-order valence-corrected chi connectivity index (χ4v) is 5.61. The van der Waals surface area contributed by atoms with Crippen molar-refractivity contribution in [1.29, 1.82) is 0 Å². The van der Waals surface area contributed by atoms with Crippen LogP contribution in [0.25, 0.3) is 16.2 Å². The molecular weight excluding hydrogens is 498 g/mol. The van der Waals surface area contributed by atoms with E-state index in [0.717, 1.165) is 56.0 Å². The van der Waals surface area contributed by atoms with Crippen molar-refractivity contribution in [3.05, 3.63) is 82.4 Å². The lowest BCUT2D eigenvalue weighted by Gasteiger charge is -2.16. The maximum absolute atomic E-state index is 13.0. The van der Waals surface area contributed by atoms with Crippen LogP contribution in [0.1, 0.15) is 34.4 Å². The van der Waals surface area contributed by atoms with Crippen LogP contribution in [0.15, 0.2) is 60.8 Å². The molecule has 1 aliphatic rings. The average molecular weight is 528 g/mol. The first-order valence-corrected chi connectivity index (χ1v) is 13.3. The first kappa shape index (κ1) is 25.5. The number of hydrogen-bond acceptors (Lipinski definition) is 6. The number of carbonyl (C=O) groups excluding carboxylic acids is 2. The number of aryl methyl sites for hydroxylation is 2. The zero-order chi connectivity index (χ0) is 26.6. The van der Waals surface area contributed by atoms with Crippen molar-refractivity contribution < 1.29 is 19.1 Å². The first-order valence-electron chi connectivity index (χ1n) is 12.5. The first-order chi connectivity index (χ1) is 18.4. The van der Waals surface area contributed by atoms with E-state index in [4.69, 9.17) is 9.47 Å². The molecule has 0 radical (unpaired) electrons. The van der Waals surface area contributed by atoms with Crippen molar-refractivity contribution in [1.82, 2.24) is 9.88 Å². The van der Waals surface area contributed by atoms with Gasteiger partial charge in [-0.15, -0.1) is 11.3 Å². The van der Waals surface area contributed by atoms with Gasteiger partial charge in [-0.25, -0.2) is 4.98 Å². The van der Waals surface area contributed by atoms with Gasteiger partial charge in [-0.3, -0.25) is 9.59 Å². The number of thiophene rings is 1. The third kappa shape index (κ3) is 5.55. The maximum atomic E-state index is 13.0. The molecule has 2 amide bonds. The van der Waals surface area contributed by atoms with Crippen LogP contribution in [0.4, 0.5) is 5.82 Å². The van der Waals surface area contributed by atoms with Gasteiger partial charge >= 0.3 is 0 Å². The van der Waals surface area contributed by atoms with Gasteiger partial charge in [0.25, 0.3) is 0 Å². The fraction of sp³-hybridized carbons (Fsp3) is 0.233. The fourth-order valence-electron chi connectivity index (χ4n) is 4.50. The number of benzene rings is 2. The number of hydrogen-bond donors (Lipinski definition) is 1. The van der Waals surface area contributed by atoms with Gasteiger partial charge in [-0.05, 0) is 66.8 Å². The SMILES string of the molecule is COc1cccc(Oc2cccc3c(CN(C)C(=O)/C=C/c4cnc5c(c4)CCCC(=O)N5)c(C)sc23)c1. The molecule has 0 aliphatic carbocycles. The van der Waals surface area contributed by atoms with Crippen LogP contribution < -0.4 is 14.8 Å². The number of ether oxygens (including phenoxy) is 2. The van der Waals surface area contributed by atoms with Crippen molar-refractivity contribution >= 4 is 45.1 Å². The second-order valence-electron chi connectivity index (χ2n) is 9.26. The van der Waals surface area contributed by atoms with Crippen LogP contribution in [0.3, 0.4) is 0 Å². The third-order valence-electron chi connectivity index (χ3n) is 6.54. The molecule has 1 N–H and O–H groups in total. The normalized spacial score (nSPS) is 13.2. The summed E-state index contributed by atoms with van der Waals surface area (Å²) < 4.78 is 12.6. The molecule has 2 aromatic heterocycles. The van der Waals surface area contributed by atoms with Gasteiger partial charge in [0.05, 0.1) is 11.8 Å². The lowest BCUT2D eigenvalue weighted by Crippen LogP contribution is -2.24. The van der Waals surface area contributed by atoms with Crippen LogP contribution in [0.2, 0.25) is 0 Å². The van der Waals surface area contributed by atoms with Crippen LogP contribution in [-0.4, -0.2) is 35.9 Å². The molecule has 38 heavy (non-hydrogen) atoms. The molecule has 4 aromatic rings. The molecule has 3 heterocycles. The number of nitrogens with one attached hydrogen (secondary N) is 1. The van der Waals surface area contributed by atoms with E-state index in [2.05, 4.69) is 23.3 Å². The molecule has 0 fully saturated rings. The smallest absolute Gasteiger partial charge is 0.246 e. The van der Waals surface area contributed by atoms with E-state index in [1.807, 2.05) is 42.5 Å². The molecular formula is C30H29N3O4S. The van der Waals surface area contributed by atoms with Crippen molar-refractivity contribution in [2.75, 3.05) is 19.5 Å². The van der Waals surface area contributed by atoms with Crippen molar-refractivity contribution in [2.24, 2.45) is 0 Å². The van der Waals surface area contributed by atoms with E-state index >= 15 is 0 Å². The zero-order valence-corrected chi connectivity index (χ0v) is 22.4. The Morgan fingerprint density at radius 1 is 1.16 bits per heavy atom. The molecule has 0 bridgehead atoms. The van der Waals surface area contributed by atoms with E-state index in [-0.39, 0.29) is 11.8 Å². The van der Waals surface area contributed by atoms with E-state index in [9.17, 15) is 9.59 Å². The molecule has 0 spiro atoms. The van der Waals surface area contributed by atoms with Gasteiger partial charge in [0.2, 0.25) is 11.8 Å². The third-order valence-corrected chi connectivity index (χ3v) is 7.72. The summed E-state index contributed by atoms with van der Waals surface area (Å²) in [4.78, 5) is 32.0. The van der Waals surface area contributed by atoms with Crippen LogP contribution in [0.5, 0.6) is 17.2 Å². The van der Waals surface area contributed by atoms with Crippen LogP contribution >= 0.6 is 11.3 Å². The summed E-state index contributed by atoms with van der Waals surface area (Å²) in [7, 11) is 3.43. The number of carbonyl (C=O) groups is 2. The van der Waals surface area contributed by atoms with Gasteiger partial charge in [0.15, 0.2) is 0 Å². The Hall–Kier alpha value is -4.17. The second kappa shape index (κ2) is 11.1. The topological polar surface area (TPSA) is 80.8 Å². The summed E-state index contributed by atoms with van der Waals surface area (Å²) in [5.74, 6) is 2.72. The second-order valence-corrected chi connectivity index (χ2v) is 10.5. The summed E-state index contributed by atoms with van der Waals surface area (Å²) >= 11 is 1.66. The molecule has 2 aromatic carbocycles. The van der Waals surface area contributed by atoms with Crippen LogP contribution in [0, 0.1) is 6.92 Å². The highest BCUT2D eigenvalue weighted by Crippen LogP contribution is 2.39. The minimum absolute atomic E-state index is 0.00780. The Kier molecular flexibility index (Phi) is 7.42. The Bertz CT molecular complexity index is 1540. The number of rotatable bonds is 7. The van der Waals surface area contributed by atoms with E-state index in [0.29, 0.717) is 24.5 Å². The van der Waals surface area contributed by atoms with Crippen LogP contribution in [-0.2, 0) is 22.6 Å². The molecule has 7 nitrogen and oxygen atoms in total. The number of methoxy groups -OCH3 is 1. The molecule has 194 valence electrons. The van der Waals surface area contributed by atoms with Crippen molar-refractivity contribution in [3.63, 3.8) is 0 Å². The van der Waals surface area contributed by atoms with Gasteiger partial charge in [-0.1, -0.05) is 18.2 Å². The summed E-state index contributed by atoms with van der Waals surface area (Å²) in [5.41, 5.74) is 2.93. The summed E-state index contributed by atoms with van der Waals surface area (Å²) in [6, 6.07) is 15.5. The van der Waals surface area contributed by atoms with Gasteiger partial charge in [0.1, 0.15) is 23.1 Å². The molecule has 5 rings (SSSR count). The summed E-state index contributed by atoms with van der Waals surface area (Å²) in [6.45, 7) is 2.55. The lowest BCUT2D eigenvalue weighted by molar-refractivity contribution is -0.125. The number of anilines is 1. The number of likely N-dealkylation sites (N-methyl/N-ethyl adjacent to an activating group) is 1. The lowest BCUT2D eigenvalue weighted by atomic mass is 10.1. The van der Waals surface area contributed by atoms with Crippen molar-refractivity contribution in [3.8, 4) is 17.2 Å². The Morgan fingerprint density at radius 3 is 2.82 bits per heavy atom. The van der Waals surface area contributed by atoms with Crippen molar-refractivity contribution in [2.45, 2.75) is 32.7 Å². The molecule has 0 saturated heterocycles. The molecule has 0 unspecified atom stereocenters. The predicted molar refractivity (Wildman–Crippen MR) is 151 cm³/mol. The number of amides is 2. The van der Waals surface area contributed by atoms with E-state index < -0.39 is 0 Å². The quantitative estimate of drug-likeness (QED) is 0.283. The number of aromatic nitrogens is 1. The zero-order valence-electron chi connectivity index (χ0n) is 21.6. The van der Waals surface area contributed by atoms with Gasteiger partial charge < -0.3 is 19.7 Å². The molecule has 8 heteroatoms. The minimum atomic E-state index is -0.101. The number of fused-ring (bicyclic) bond motifs is 2. The highest BCUT2D eigenvalue weighted by Gasteiger charge is 2.17. The number of nitrogens with zero attached hydrogens (tertiary/aromatic N) is 2.